The number of nitrogens with one attached hydrogen (secondary N) is 3. The molecule has 0 radical (unpaired) electrons. The van der Waals surface area contributed by atoms with Crippen LogP contribution in [0.2, 0.25) is 0 Å². The summed E-state index contributed by atoms with van der Waals surface area (Å²) in [6.07, 6.45) is 1.39. The number of hydrogen-bond acceptors (Lipinski definition) is 5. The van der Waals surface area contributed by atoms with Crippen LogP contribution in [0.5, 0.6) is 0 Å². The van der Waals surface area contributed by atoms with Crippen LogP contribution in [0, 0.1) is 0 Å². The van der Waals surface area contributed by atoms with Crippen molar-refractivity contribution in [2.45, 2.75) is 51.7 Å². The third-order valence-corrected chi connectivity index (χ3v) is 5.65. The van der Waals surface area contributed by atoms with Crippen LogP contribution in [0.25, 0.3) is 0 Å². The minimum absolute atomic E-state index is 0.0932. The maximum atomic E-state index is 12.0. The molecule has 0 heterocycles. The second-order valence-electron chi connectivity index (χ2n) is 8.79. The Bertz CT molecular complexity index is 987. The molecular formula is C28H38N4O6. The van der Waals surface area contributed by atoms with Gasteiger partial charge in [0.25, 0.3) is 0 Å². The number of carbonyl (C=O) groups is 4. The molecule has 0 spiro atoms. The predicted octanol–water partition coefficient (Wildman–Crippen LogP) is 3.67. The van der Waals surface area contributed by atoms with Crippen molar-refractivity contribution in [3.05, 3.63) is 71.8 Å². The van der Waals surface area contributed by atoms with Crippen LogP contribution in [-0.2, 0) is 27.5 Å². The van der Waals surface area contributed by atoms with Crippen molar-refractivity contribution in [1.82, 2.24) is 20.9 Å². The third-order valence-electron chi connectivity index (χ3n) is 5.65. The van der Waals surface area contributed by atoms with Gasteiger partial charge >= 0.3 is 12.2 Å². The lowest BCUT2D eigenvalue weighted by molar-refractivity contribution is -0.126. The van der Waals surface area contributed by atoms with Crippen LogP contribution < -0.4 is 16.0 Å². The summed E-state index contributed by atoms with van der Waals surface area (Å²) in [5.74, 6) is -0.411. The van der Waals surface area contributed by atoms with Crippen molar-refractivity contribution in [2.75, 3.05) is 26.2 Å². The molecule has 0 fully saturated rings. The number of hydrogen-bond donors (Lipinski definition) is 4. The summed E-state index contributed by atoms with van der Waals surface area (Å²) in [5, 5.41) is 17.6. The highest BCUT2D eigenvalue weighted by atomic mass is 16.5. The number of ether oxygens (including phenoxy) is 1. The van der Waals surface area contributed by atoms with Crippen molar-refractivity contribution < 1.29 is 29.0 Å². The van der Waals surface area contributed by atoms with Gasteiger partial charge in [-0.15, -0.1) is 0 Å². The normalized spacial score (nSPS) is 10.3. The fourth-order valence-corrected chi connectivity index (χ4v) is 3.55. The summed E-state index contributed by atoms with van der Waals surface area (Å²) in [5.41, 5.74) is 1.85. The zero-order chi connectivity index (χ0) is 27.4. The first kappa shape index (κ1) is 30.1. The summed E-state index contributed by atoms with van der Waals surface area (Å²) >= 11 is 0. The van der Waals surface area contributed by atoms with Crippen LogP contribution in [0.3, 0.4) is 0 Å². The molecule has 0 saturated heterocycles. The molecule has 0 aromatic heterocycles. The van der Waals surface area contributed by atoms with E-state index in [1.165, 1.54) is 4.90 Å². The van der Waals surface area contributed by atoms with E-state index in [9.17, 15) is 24.3 Å². The largest absolute Gasteiger partial charge is 0.465 e. The van der Waals surface area contributed by atoms with E-state index in [0.29, 0.717) is 58.4 Å². The Morgan fingerprint density at radius 2 is 1.18 bits per heavy atom. The number of carboxylic acid groups (broad SMARTS) is 1. The molecule has 2 rings (SSSR count). The van der Waals surface area contributed by atoms with Crippen molar-refractivity contribution in [2.24, 2.45) is 0 Å². The summed E-state index contributed by atoms with van der Waals surface area (Å²) in [6, 6.07) is 18.8. The Morgan fingerprint density at radius 1 is 0.684 bits per heavy atom. The van der Waals surface area contributed by atoms with Gasteiger partial charge in [-0.3, -0.25) is 9.59 Å². The van der Waals surface area contributed by atoms with Gasteiger partial charge in [-0.1, -0.05) is 60.7 Å². The van der Waals surface area contributed by atoms with E-state index in [-0.39, 0.29) is 31.3 Å². The molecule has 10 nitrogen and oxygen atoms in total. The molecule has 2 aromatic carbocycles. The van der Waals surface area contributed by atoms with E-state index in [1.54, 1.807) is 0 Å². The van der Waals surface area contributed by atoms with Crippen molar-refractivity contribution in [1.29, 1.82) is 0 Å². The van der Waals surface area contributed by atoms with Crippen LogP contribution in [-0.4, -0.2) is 60.2 Å². The van der Waals surface area contributed by atoms with E-state index in [4.69, 9.17) is 4.74 Å². The summed E-state index contributed by atoms with van der Waals surface area (Å²) in [4.78, 5) is 48.4. The molecule has 206 valence electrons. The lowest BCUT2D eigenvalue weighted by Crippen LogP contribution is -2.31. The molecule has 4 N–H and O–H groups in total. The summed E-state index contributed by atoms with van der Waals surface area (Å²) < 4.78 is 5.13. The van der Waals surface area contributed by atoms with Crippen LogP contribution >= 0.6 is 0 Å². The molecular weight excluding hydrogens is 488 g/mol. The molecule has 0 bridgehead atoms. The van der Waals surface area contributed by atoms with Crippen molar-refractivity contribution in [3.63, 3.8) is 0 Å². The number of nitrogens with zero attached hydrogens (tertiary/aromatic N) is 1. The van der Waals surface area contributed by atoms with E-state index >= 15 is 0 Å². The van der Waals surface area contributed by atoms with Crippen LogP contribution in [0.1, 0.15) is 49.7 Å². The van der Waals surface area contributed by atoms with E-state index in [1.807, 2.05) is 60.7 Å². The second kappa shape index (κ2) is 18.2. The summed E-state index contributed by atoms with van der Waals surface area (Å²) in [6.45, 7) is 2.27. The van der Waals surface area contributed by atoms with Crippen LogP contribution in [0.15, 0.2) is 60.7 Å². The zero-order valence-electron chi connectivity index (χ0n) is 21.7. The quantitative estimate of drug-likeness (QED) is 0.232. The van der Waals surface area contributed by atoms with Gasteiger partial charge in [0.1, 0.15) is 6.61 Å². The van der Waals surface area contributed by atoms with Crippen LogP contribution in [0.4, 0.5) is 9.59 Å². The SMILES string of the molecule is O=C(CCC(=O)NCCCCN(Cc1ccccc1)C(=O)O)NCCCCNC(=O)OCc1ccccc1. The van der Waals surface area contributed by atoms with E-state index < -0.39 is 12.2 Å². The van der Waals surface area contributed by atoms with E-state index in [0.717, 1.165) is 11.1 Å². The predicted molar refractivity (Wildman–Crippen MR) is 143 cm³/mol. The van der Waals surface area contributed by atoms with Gasteiger partial charge in [-0.2, -0.15) is 0 Å². The van der Waals surface area contributed by atoms with Gasteiger partial charge < -0.3 is 30.7 Å². The second-order valence-corrected chi connectivity index (χ2v) is 8.79. The van der Waals surface area contributed by atoms with Gasteiger partial charge in [-0.25, -0.2) is 9.59 Å². The van der Waals surface area contributed by atoms with E-state index in [2.05, 4.69) is 16.0 Å². The first-order valence-electron chi connectivity index (χ1n) is 12.9. The zero-order valence-corrected chi connectivity index (χ0v) is 21.7. The topological polar surface area (TPSA) is 137 Å². The molecule has 0 aliphatic heterocycles. The van der Waals surface area contributed by atoms with Gasteiger partial charge in [0.2, 0.25) is 11.8 Å². The molecule has 0 saturated carbocycles. The highest BCUT2D eigenvalue weighted by Gasteiger charge is 2.12. The Hall–Kier alpha value is -4.08. The minimum atomic E-state index is -0.971. The van der Waals surface area contributed by atoms with Gasteiger partial charge in [0, 0.05) is 45.6 Å². The number of alkyl carbamates (subject to hydrolysis) is 1. The maximum Gasteiger partial charge on any atom is 0.407 e. The van der Waals surface area contributed by atoms with Gasteiger partial charge in [0.05, 0.1) is 0 Å². The molecule has 0 aliphatic carbocycles. The fourth-order valence-electron chi connectivity index (χ4n) is 3.55. The first-order valence-corrected chi connectivity index (χ1v) is 12.9. The molecule has 0 aliphatic rings. The Morgan fingerprint density at radius 3 is 1.74 bits per heavy atom. The molecule has 0 atom stereocenters. The number of rotatable bonds is 17. The number of amides is 4. The number of unbranched alkanes of at least 4 members (excludes halogenated alkanes) is 2. The molecule has 0 unspecified atom stereocenters. The number of benzene rings is 2. The molecule has 38 heavy (non-hydrogen) atoms. The van der Waals surface area contributed by atoms with Gasteiger partial charge in [-0.05, 0) is 36.8 Å². The Kier molecular flexibility index (Phi) is 14.4. The smallest absolute Gasteiger partial charge is 0.407 e. The lowest BCUT2D eigenvalue weighted by Gasteiger charge is -2.19. The molecule has 2 aromatic rings. The van der Waals surface area contributed by atoms with Crippen molar-refractivity contribution >= 4 is 24.0 Å². The maximum absolute atomic E-state index is 12.0. The lowest BCUT2D eigenvalue weighted by atomic mass is 10.2. The average Bonchev–Trinajstić information content (AvgIpc) is 2.92. The fraction of sp³-hybridized carbons (Fsp3) is 0.429. The third kappa shape index (κ3) is 13.9. The summed E-state index contributed by atoms with van der Waals surface area (Å²) in [7, 11) is 0. The standard InChI is InChI=1S/C28H38N4O6/c33-25(29-17-7-8-19-31-27(35)38-22-24-13-5-2-6-14-24)15-16-26(34)30-18-9-10-20-32(28(36)37)21-23-11-3-1-4-12-23/h1-6,11-14H,7-10,15-22H2,(H,29,33)(H,30,34)(H,31,35)(H,36,37). The monoisotopic (exact) mass is 526 g/mol. The number of carbonyl (C=O) groups excluding carboxylic acids is 3. The Labute approximate surface area is 223 Å². The minimum Gasteiger partial charge on any atom is -0.465 e. The first-order chi connectivity index (χ1) is 18.4. The highest BCUT2D eigenvalue weighted by molar-refractivity contribution is 5.83. The average molecular weight is 527 g/mol. The highest BCUT2D eigenvalue weighted by Crippen LogP contribution is 2.06. The van der Waals surface area contributed by atoms with Gasteiger partial charge in [0.15, 0.2) is 0 Å². The van der Waals surface area contributed by atoms with Crippen molar-refractivity contribution in [3.8, 4) is 0 Å². The Balaban J connectivity index is 1.43. The molecule has 4 amide bonds. The molecule has 10 heteroatoms.